The molecule has 2 amide bonds. The van der Waals surface area contributed by atoms with Crippen molar-refractivity contribution in [3.05, 3.63) is 65.7 Å². The molecule has 160 valence electrons. The van der Waals surface area contributed by atoms with Gasteiger partial charge in [-0.2, -0.15) is 0 Å². The summed E-state index contributed by atoms with van der Waals surface area (Å²) in [6, 6.07) is 14.9. The molecule has 0 radical (unpaired) electrons. The second-order valence-electron chi connectivity index (χ2n) is 8.47. The number of benzene rings is 2. The normalized spacial score (nSPS) is 23.9. The second kappa shape index (κ2) is 8.46. The lowest BCUT2D eigenvalue weighted by molar-refractivity contribution is -0.122. The lowest BCUT2D eigenvalue weighted by atomic mass is 9.76. The summed E-state index contributed by atoms with van der Waals surface area (Å²) < 4.78 is 5.36. The van der Waals surface area contributed by atoms with Gasteiger partial charge in [-0.25, -0.2) is 4.79 Å². The summed E-state index contributed by atoms with van der Waals surface area (Å²) in [6.07, 6.45) is 1.41. The number of anilines is 1. The van der Waals surface area contributed by atoms with Crippen molar-refractivity contribution in [3.63, 3.8) is 0 Å². The van der Waals surface area contributed by atoms with Crippen molar-refractivity contribution in [2.75, 3.05) is 4.90 Å². The van der Waals surface area contributed by atoms with E-state index in [1.165, 1.54) is 17.9 Å². The molecule has 0 bridgehead atoms. The summed E-state index contributed by atoms with van der Waals surface area (Å²) in [5.41, 5.74) is 1.02. The molecule has 1 saturated carbocycles. The van der Waals surface area contributed by atoms with Gasteiger partial charge in [0.1, 0.15) is 0 Å². The molecule has 4 rings (SSSR count). The number of imide groups is 1. The topological polar surface area (TPSA) is 80.8 Å². The van der Waals surface area contributed by atoms with E-state index in [-0.39, 0.29) is 35.0 Å². The maximum Gasteiger partial charge on any atom is 0.338 e. The summed E-state index contributed by atoms with van der Waals surface area (Å²) in [5.74, 6) is -1.50. The first-order chi connectivity index (χ1) is 14.9. The number of hydrogen-bond acceptors (Lipinski definition) is 5. The molecule has 0 unspecified atom stereocenters. The van der Waals surface area contributed by atoms with E-state index in [4.69, 9.17) is 4.74 Å². The van der Waals surface area contributed by atoms with E-state index in [0.29, 0.717) is 30.0 Å². The van der Waals surface area contributed by atoms with Crippen LogP contribution in [0.1, 0.15) is 53.8 Å². The Morgan fingerprint density at radius 1 is 0.935 bits per heavy atom. The van der Waals surface area contributed by atoms with Gasteiger partial charge in [-0.15, -0.1) is 0 Å². The minimum Gasteiger partial charge on any atom is -0.451 e. The fraction of sp³-hybridized carbons (Fsp3) is 0.360. The zero-order valence-corrected chi connectivity index (χ0v) is 17.6. The highest BCUT2D eigenvalue weighted by Crippen LogP contribution is 2.42. The van der Waals surface area contributed by atoms with Gasteiger partial charge in [0.05, 0.1) is 23.1 Å². The third-order valence-corrected chi connectivity index (χ3v) is 6.24. The summed E-state index contributed by atoms with van der Waals surface area (Å²) in [6.45, 7) is 3.63. The molecule has 0 aromatic heterocycles. The molecule has 0 N–H and O–H groups in total. The van der Waals surface area contributed by atoms with Crippen LogP contribution in [0.4, 0.5) is 5.69 Å². The third kappa shape index (κ3) is 4.02. The number of ketones is 1. The monoisotopic (exact) mass is 419 g/mol. The van der Waals surface area contributed by atoms with E-state index in [2.05, 4.69) is 6.92 Å². The van der Waals surface area contributed by atoms with Crippen LogP contribution in [0.5, 0.6) is 0 Å². The number of hydrogen-bond donors (Lipinski definition) is 0. The predicted molar refractivity (Wildman–Crippen MR) is 115 cm³/mol. The number of carbonyl (C=O) groups is 4. The van der Waals surface area contributed by atoms with Crippen molar-refractivity contribution in [2.45, 2.75) is 39.2 Å². The van der Waals surface area contributed by atoms with Gasteiger partial charge in [0.25, 0.3) is 0 Å². The molecule has 6 heteroatoms. The van der Waals surface area contributed by atoms with Gasteiger partial charge in [-0.3, -0.25) is 19.3 Å². The van der Waals surface area contributed by atoms with E-state index < -0.39 is 12.1 Å². The fourth-order valence-electron chi connectivity index (χ4n) is 4.54. The first kappa shape index (κ1) is 21.0. The minimum absolute atomic E-state index is 0.189. The Morgan fingerprint density at radius 3 is 2.35 bits per heavy atom. The molecule has 4 atom stereocenters. The van der Waals surface area contributed by atoms with Crippen molar-refractivity contribution in [2.24, 2.45) is 17.8 Å². The summed E-state index contributed by atoms with van der Waals surface area (Å²) in [4.78, 5) is 52.2. The molecule has 31 heavy (non-hydrogen) atoms. The van der Waals surface area contributed by atoms with Crippen molar-refractivity contribution in [3.8, 4) is 0 Å². The van der Waals surface area contributed by atoms with Crippen LogP contribution in [0, 0.1) is 17.8 Å². The van der Waals surface area contributed by atoms with Crippen LogP contribution < -0.4 is 4.90 Å². The van der Waals surface area contributed by atoms with E-state index in [1.807, 2.05) is 0 Å². The summed E-state index contributed by atoms with van der Waals surface area (Å²) >= 11 is 0. The van der Waals surface area contributed by atoms with E-state index in [0.717, 1.165) is 6.42 Å². The maximum absolute atomic E-state index is 12.9. The van der Waals surface area contributed by atoms with Gasteiger partial charge in [-0.1, -0.05) is 43.3 Å². The average Bonchev–Trinajstić information content (AvgIpc) is 3.03. The van der Waals surface area contributed by atoms with Crippen molar-refractivity contribution in [1.29, 1.82) is 0 Å². The Morgan fingerprint density at radius 2 is 1.61 bits per heavy atom. The highest BCUT2D eigenvalue weighted by molar-refractivity contribution is 6.22. The van der Waals surface area contributed by atoms with Gasteiger partial charge in [-0.05, 0) is 50.3 Å². The number of Topliss-reactive ketones (excluding diaryl/α,β-unsaturated/α-hetero) is 1. The van der Waals surface area contributed by atoms with Crippen LogP contribution in [-0.2, 0) is 14.3 Å². The van der Waals surface area contributed by atoms with Gasteiger partial charge < -0.3 is 4.74 Å². The molecule has 1 aliphatic heterocycles. The fourth-order valence-corrected chi connectivity index (χ4v) is 4.54. The molecule has 2 aliphatic rings. The standard InChI is InChI=1S/C25H25NO5/c1-15-11-12-20-21(13-15)24(29)26(23(20)28)19-10-6-9-18(14-19)25(30)31-16(2)22(27)17-7-4-3-5-8-17/h3-10,14-16,20-21H,11-13H2,1-2H3/t15-,16+,20+,21-/m1/s1. The van der Waals surface area contributed by atoms with Crippen LogP contribution in [0.2, 0.25) is 0 Å². The van der Waals surface area contributed by atoms with Gasteiger partial charge >= 0.3 is 5.97 Å². The van der Waals surface area contributed by atoms with Crippen LogP contribution in [-0.4, -0.2) is 29.7 Å². The van der Waals surface area contributed by atoms with Crippen LogP contribution in [0.25, 0.3) is 0 Å². The SMILES string of the molecule is C[C@@H]1CC[C@@H]2C(=O)N(c3cccc(C(=O)O[C@@H](C)C(=O)c4ccccc4)c3)C(=O)[C@@H]2C1. The summed E-state index contributed by atoms with van der Waals surface area (Å²) in [7, 11) is 0. The van der Waals surface area contributed by atoms with E-state index >= 15 is 0 Å². The van der Waals surface area contributed by atoms with E-state index in [9.17, 15) is 19.2 Å². The highest BCUT2D eigenvalue weighted by atomic mass is 16.5. The smallest absolute Gasteiger partial charge is 0.338 e. The molecule has 1 aliphatic carbocycles. The van der Waals surface area contributed by atoms with Crippen molar-refractivity contribution in [1.82, 2.24) is 0 Å². The largest absolute Gasteiger partial charge is 0.451 e. The number of fused-ring (bicyclic) bond motifs is 1. The molecule has 6 nitrogen and oxygen atoms in total. The van der Waals surface area contributed by atoms with E-state index in [1.54, 1.807) is 48.5 Å². The lowest BCUT2D eigenvalue weighted by Gasteiger charge is -2.25. The molecular weight excluding hydrogens is 394 g/mol. The Kier molecular flexibility index (Phi) is 5.72. The Hall–Kier alpha value is -3.28. The Bertz CT molecular complexity index is 1030. The van der Waals surface area contributed by atoms with Crippen LogP contribution >= 0.6 is 0 Å². The highest BCUT2D eigenvalue weighted by Gasteiger charge is 2.50. The van der Waals surface area contributed by atoms with Crippen molar-refractivity contribution >= 4 is 29.3 Å². The number of ether oxygens (including phenoxy) is 1. The number of nitrogens with zero attached hydrogens (tertiary/aromatic N) is 1. The molecule has 2 aromatic carbocycles. The maximum atomic E-state index is 12.9. The summed E-state index contributed by atoms with van der Waals surface area (Å²) in [5, 5.41) is 0. The molecule has 1 saturated heterocycles. The molecule has 1 heterocycles. The quantitative estimate of drug-likeness (QED) is 0.415. The molecular formula is C25H25NO5. The predicted octanol–water partition coefficient (Wildman–Crippen LogP) is 4.04. The molecule has 2 fully saturated rings. The van der Waals surface area contributed by atoms with Crippen LogP contribution in [0.3, 0.4) is 0 Å². The zero-order chi connectivity index (χ0) is 22.1. The van der Waals surface area contributed by atoms with Crippen molar-refractivity contribution < 1.29 is 23.9 Å². The first-order valence-corrected chi connectivity index (χ1v) is 10.6. The number of carbonyl (C=O) groups excluding carboxylic acids is 4. The number of amides is 2. The molecule has 2 aromatic rings. The Labute approximate surface area is 181 Å². The average molecular weight is 419 g/mol. The van der Waals surface area contributed by atoms with Gasteiger partial charge in [0, 0.05) is 5.56 Å². The lowest BCUT2D eigenvalue weighted by Crippen LogP contribution is -2.31. The van der Waals surface area contributed by atoms with Gasteiger partial charge in [0.2, 0.25) is 17.6 Å². The first-order valence-electron chi connectivity index (χ1n) is 10.6. The van der Waals surface area contributed by atoms with Crippen LogP contribution in [0.15, 0.2) is 54.6 Å². The number of esters is 1. The Balaban J connectivity index is 1.50. The van der Waals surface area contributed by atoms with Gasteiger partial charge in [0.15, 0.2) is 6.10 Å². The molecule has 0 spiro atoms. The zero-order valence-electron chi connectivity index (χ0n) is 17.6. The minimum atomic E-state index is -0.960. The number of rotatable bonds is 5. The second-order valence-corrected chi connectivity index (χ2v) is 8.47. The third-order valence-electron chi connectivity index (χ3n) is 6.24.